The van der Waals surface area contributed by atoms with Crippen LogP contribution in [0, 0.1) is 5.82 Å². The first-order valence-electron chi connectivity index (χ1n) is 6.80. The second-order valence-electron chi connectivity index (χ2n) is 5.04. The van der Waals surface area contributed by atoms with E-state index in [0.717, 1.165) is 18.2 Å². The first kappa shape index (κ1) is 19.4. The topological polar surface area (TPSA) is 97.5 Å². The van der Waals surface area contributed by atoms with Gasteiger partial charge in [0.15, 0.2) is 0 Å². The van der Waals surface area contributed by atoms with Crippen LogP contribution < -0.4 is 9.44 Å². The van der Waals surface area contributed by atoms with Crippen LogP contribution in [0.1, 0.15) is 12.5 Å². The zero-order valence-corrected chi connectivity index (χ0v) is 15.4. The van der Waals surface area contributed by atoms with E-state index < -0.39 is 31.6 Å². The summed E-state index contributed by atoms with van der Waals surface area (Å²) in [5.74, 6) is -0.802. The molecule has 0 aliphatic rings. The van der Waals surface area contributed by atoms with Gasteiger partial charge in [-0.1, -0.05) is 23.7 Å². The lowest BCUT2D eigenvalue weighted by molar-refractivity contribution is 0.596. The summed E-state index contributed by atoms with van der Waals surface area (Å²) >= 11 is 5.80. The second-order valence-corrected chi connectivity index (χ2v) is 7.89. The van der Waals surface area contributed by atoms with Crippen molar-refractivity contribution in [3.05, 3.63) is 64.6 Å². The minimum absolute atomic E-state index is 0.147. The fourth-order valence-electron chi connectivity index (χ4n) is 2.16. The van der Waals surface area contributed by atoms with E-state index >= 15 is 0 Å². The lowest BCUT2D eigenvalue weighted by atomic mass is 10.2. The number of benzene rings is 2. The van der Waals surface area contributed by atoms with Crippen molar-refractivity contribution in [3.63, 3.8) is 0 Å². The number of anilines is 1. The highest BCUT2D eigenvalue weighted by molar-refractivity contribution is 7.89. The van der Waals surface area contributed by atoms with Crippen LogP contribution >= 0.6 is 11.6 Å². The van der Waals surface area contributed by atoms with Gasteiger partial charge in [0.1, 0.15) is 10.7 Å². The Balaban J connectivity index is 2.63. The molecule has 2 N–H and O–H groups in total. The predicted molar refractivity (Wildman–Crippen MR) is 95.7 cm³/mol. The molecule has 0 aliphatic carbocycles. The summed E-state index contributed by atoms with van der Waals surface area (Å²) in [4.78, 5) is -0.503. The van der Waals surface area contributed by atoms with Gasteiger partial charge in [-0.05, 0) is 48.9 Å². The van der Waals surface area contributed by atoms with Crippen molar-refractivity contribution in [3.8, 4) is 0 Å². The van der Waals surface area contributed by atoms with E-state index in [9.17, 15) is 21.2 Å². The summed E-state index contributed by atoms with van der Waals surface area (Å²) in [6.07, 6.45) is 1.49. The molecular weight excluding hydrogens is 391 g/mol. The molecule has 0 aromatic heterocycles. The molecule has 0 heterocycles. The fraction of sp³-hybridized carbons (Fsp3) is 0.0667. The SMILES string of the molecule is C/C(=C/c1ccc(Cl)cc1)N(c1cc(F)ccc1S(N)(=O)=O)[SH](=O)=O. The Morgan fingerprint density at radius 3 is 2.32 bits per heavy atom. The molecule has 0 atom stereocenters. The van der Waals surface area contributed by atoms with E-state index in [2.05, 4.69) is 0 Å². The van der Waals surface area contributed by atoms with Crippen molar-refractivity contribution in [1.82, 2.24) is 0 Å². The van der Waals surface area contributed by atoms with E-state index in [4.69, 9.17) is 16.7 Å². The molecule has 0 amide bonds. The Morgan fingerprint density at radius 1 is 1.20 bits per heavy atom. The van der Waals surface area contributed by atoms with E-state index in [0.29, 0.717) is 14.9 Å². The quantitative estimate of drug-likeness (QED) is 0.748. The summed E-state index contributed by atoms with van der Waals surface area (Å²) in [6.45, 7) is 1.44. The van der Waals surface area contributed by atoms with Crippen molar-refractivity contribution in [2.24, 2.45) is 5.14 Å². The number of allylic oxidation sites excluding steroid dienone is 1. The van der Waals surface area contributed by atoms with E-state index in [1.54, 1.807) is 24.3 Å². The Hall–Kier alpha value is -1.94. The van der Waals surface area contributed by atoms with Gasteiger partial charge in [0, 0.05) is 10.7 Å². The van der Waals surface area contributed by atoms with E-state index in [1.807, 2.05) is 0 Å². The summed E-state index contributed by atoms with van der Waals surface area (Å²) in [6, 6.07) is 9.12. The first-order chi connectivity index (χ1) is 11.6. The molecule has 2 aromatic rings. The Kier molecular flexibility index (Phi) is 5.83. The zero-order valence-electron chi connectivity index (χ0n) is 12.9. The maximum Gasteiger partial charge on any atom is 0.240 e. The van der Waals surface area contributed by atoms with Crippen LogP contribution in [-0.4, -0.2) is 16.8 Å². The Morgan fingerprint density at radius 2 is 1.80 bits per heavy atom. The summed E-state index contributed by atoms with van der Waals surface area (Å²) in [7, 11) is -7.57. The van der Waals surface area contributed by atoms with Crippen molar-refractivity contribution < 1.29 is 21.2 Å². The molecule has 2 rings (SSSR count). The number of thiol groups is 1. The second kappa shape index (κ2) is 7.52. The van der Waals surface area contributed by atoms with Gasteiger partial charge in [-0.25, -0.2) is 30.7 Å². The standard InChI is InChI=1S/C15H14ClFN2O4S2/c1-10(8-11-2-4-12(16)5-3-11)19(24(20)21)14-9-13(17)6-7-15(14)25(18,22)23/h2-9,24H,1H3,(H2,18,22,23)/b10-8-. The maximum absolute atomic E-state index is 13.6. The molecule has 6 nitrogen and oxygen atoms in total. The predicted octanol–water partition coefficient (Wildman–Crippen LogP) is 2.52. The Bertz CT molecular complexity index is 995. The van der Waals surface area contributed by atoms with Gasteiger partial charge in [0.2, 0.25) is 20.9 Å². The van der Waals surface area contributed by atoms with Crippen LogP contribution in [0.3, 0.4) is 0 Å². The van der Waals surface area contributed by atoms with Crippen LogP contribution in [-0.2, 0) is 20.9 Å². The lowest BCUT2D eigenvalue weighted by Crippen LogP contribution is -2.23. The molecule has 2 aromatic carbocycles. The number of hydrogen-bond acceptors (Lipinski definition) is 4. The normalized spacial score (nSPS) is 12.4. The molecule has 0 saturated carbocycles. The average molecular weight is 405 g/mol. The number of sulfonamides is 1. The van der Waals surface area contributed by atoms with Crippen molar-refractivity contribution in [1.29, 1.82) is 0 Å². The first-order valence-corrected chi connectivity index (χ1v) is 9.85. The third-order valence-corrected chi connectivity index (χ3v) is 5.27. The lowest BCUT2D eigenvalue weighted by Gasteiger charge is -2.21. The molecule has 0 radical (unpaired) electrons. The molecule has 0 fully saturated rings. The number of halogens is 2. The molecule has 0 spiro atoms. The van der Waals surface area contributed by atoms with Gasteiger partial charge in [0.25, 0.3) is 0 Å². The van der Waals surface area contributed by atoms with Crippen molar-refractivity contribution in [2.75, 3.05) is 4.31 Å². The van der Waals surface area contributed by atoms with Gasteiger partial charge < -0.3 is 0 Å². The van der Waals surface area contributed by atoms with Gasteiger partial charge in [-0.3, -0.25) is 0 Å². The van der Waals surface area contributed by atoms with Gasteiger partial charge >= 0.3 is 0 Å². The van der Waals surface area contributed by atoms with Gasteiger partial charge in [-0.15, -0.1) is 0 Å². The summed E-state index contributed by atoms with van der Waals surface area (Å²) in [5.41, 5.74) is 0.382. The highest BCUT2D eigenvalue weighted by Crippen LogP contribution is 2.29. The molecular formula is C15H14ClFN2O4S2. The van der Waals surface area contributed by atoms with E-state index in [1.165, 1.54) is 13.0 Å². The minimum Gasteiger partial charge on any atom is -0.244 e. The van der Waals surface area contributed by atoms with Crippen LogP contribution in [0.4, 0.5) is 10.1 Å². The van der Waals surface area contributed by atoms with Gasteiger partial charge in [0.05, 0.1) is 5.69 Å². The zero-order chi connectivity index (χ0) is 18.8. The van der Waals surface area contributed by atoms with E-state index in [-0.39, 0.29) is 11.4 Å². The van der Waals surface area contributed by atoms with Gasteiger partial charge in [-0.2, -0.15) is 0 Å². The highest BCUT2D eigenvalue weighted by atomic mass is 35.5. The number of hydrogen-bond donors (Lipinski definition) is 2. The highest BCUT2D eigenvalue weighted by Gasteiger charge is 2.22. The summed E-state index contributed by atoms with van der Waals surface area (Å²) in [5, 5.41) is 5.61. The molecule has 134 valence electrons. The summed E-state index contributed by atoms with van der Waals surface area (Å²) < 4.78 is 61.1. The fourth-order valence-corrected chi connectivity index (χ4v) is 3.71. The van der Waals surface area contributed by atoms with Crippen LogP contribution in [0.25, 0.3) is 6.08 Å². The number of rotatable bonds is 5. The molecule has 0 saturated heterocycles. The van der Waals surface area contributed by atoms with Crippen LogP contribution in [0.5, 0.6) is 0 Å². The molecule has 25 heavy (non-hydrogen) atoms. The maximum atomic E-state index is 13.6. The van der Waals surface area contributed by atoms with Crippen LogP contribution in [0.15, 0.2) is 53.1 Å². The molecule has 0 bridgehead atoms. The third kappa shape index (κ3) is 4.79. The third-order valence-electron chi connectivity index (χ3n) is 3.20. The average Bonchev–Trinajstić information content (AvgIpc) is 2.48. The monoisotopic (exact) mass is 404 g/mol. The number of nitrogens with zero attached hydrogens (tertiary/aromatic N) is 1. The van der Waals surface area contributed by atoms with Crippen LogP contribution in [0.2, 0.25) is 5.02 Å². The minimum atomic E-state index is -4.26. The molecule has 10 heteroatoms. The molecule has 0 aliphatic heterocycles. The number of primary sulfonamides is 1. The Labute approximate surface area is 151 Å². The van der Waals surface area contributed by atoms with Crippen molar-refractivity contribution in [2.45, 2.75) is 11.8 Å². The molecule has 0 unspecified atom stereocenters. The number of nitrogens with two attached hydrogens (primary N) is 1. The smallest absolute Gasteiger partial charge is 0.240 e. The largest absolute Gasteiger partial charge is 0.244 e. The van der Waals surface area contributed by atoms with Crippen molar-refractivity contribution >= 4 is 44.3 Å².